The zero-order valence-corrected chi connectivity index (χ0v) is 12.4. The van der Waals surface area contributed by atoms with Gasteiger partial charge >= 0.3 is 0 Å². The normalized spacial score (nSPS) is 22.0. The van der Waals surface area contributed by atoms with Crippen LogP contribution >= 0.6 is 34.5 Å². The van der Waals surface area contributed by atoms with Crippen LogP contribution in [0.15, 0.2) is 6.07 Å². The van der Waals surface area contributed by atoms with Crippen molar-refractivity contribution in [1.29, 1.82) is 0 Å². The number of hydrogen-bond acceptors (Lipinski definition) is 4. The molecule has 0 aromatic carbocycles. The van der Waals surface area contributed by atoms with Crippen LogP contribution in [0.25, 0.3) is 0 Å². The van der Waals surface area contributed by atoms with E-state index in [0.29, 0.717) is 27.2 Å². The third-order valence-corrected chi connectivity index (χ3v) is 6.10. The van der Waals surface area contributed by atoms with Gasteiger partial charge in [0.1, 0.15) is 4.34 Å². The Kier molecular flexibility index (Phi) is 4.21. The predicted molar refractivity (Wildman–Crippen MR) is 73.4 cm³/mol. The molecule has 1 N–H and O–H groups in total. The Morgan fingerprint density at radius 2 is 2.22 bits per heavy atom. The quantitative estimate of drug-likeness (QED) is 0.925. The molecule has 1 unspecified atom stereocenters. The minimum Gasteiger partial charge on any atom is -0.352 e. The maximum Gasteiger partial charge on any atom is 0.253 e. The second kappa shape index (κ2) is 5.36. The molecule has 0 saturated carbocycles. The molecular weight excluding hydrogens is 317 g/mol. The molecule has 1 aliphatic rings. The van der Waals surface area contributed by atoms with Gasteiger partial charge in [-0.15, -0.1) is 11.3 Å². The lowest BCUT2D eigenvalue weighted by atomic mass is 10.1. The summed E-state index contributed by atoms with van der Waals surface area (Å²) in [6.07, 6.45) is 0.598. The Hall–Kier alpha value is -0.300. The maximum absolute atomic E-state index is 11.8. The molecule has 1 saturated heterocycles. The lowest BCUT2D eigenvalue weighted by Gasteiger charge is -2.08. The van der Waals surface area contributed by atoms with Crippen LogP contribution in [0.3, 0.4) is 0 Å². The average molecular weight is 328 g/mol. The van der Waals surface area contributed by atoms with Crippen molar-refractivity contribution >= 4 is 50.3 Å². The van der Waals surface area contributed by atoms with Gasteiger partial charge in [0.15, 0.2) is 9.84 Å². The number of sulfone groups is 1. The van der Waals surface area contributed by atoms with Gasteiger partial charge < -0.3 is 5.32 Å². The highest BCUT2D eigenvalue weighted by molar-refractivity contribution is 7.91. The van der Waals surface area contributed by atoms with E-state index in [1.54, 1.807) is 0 Å². The minimum absolute atomic E-state index is 0.00756. The predicted octanol–water partition coefficient (Wildman–Crippen LogP) is 2.22. The first-order chi connectivity index (χ1) is 8.37. The van der Waals surface area contributed by atoms with E-state index in [2.05, 4.69) is 5.32 Å². The van der Waals surface area contributed by atoms with Crippen LogP contribution < -0.4 is 5.32 Å². The maximum atomic E-state index is 11.8. The molecular formula is C10H11Cl2NO3S2. The molecule has 1 fully saturated rings. The summed E-state index contributed by atoms with van der Waals surface area (Å²) in [5, 5.41) is 2.69. The summed E-state index contributed by atoms with van der Waals surface area (Å²) in [5.74, 6) is 0.0311. The highest BCUT2D eigenvalue weighted by atomic mass is 35.5. The number of amides is 1. The minimum atomic E-state index is -2.91. The smallest absolute Gasteiger partial charge is 0.253 e. The van der Waals surface area contributed by atoms with E-state index in [1.165, 1.54) is 6.07 Å². The first-order valence-corrected chi connectivity index (χ1v) is 8.70. The van der Waals surface area contributed by atoms with Crippen LogP contribution in [0.5, 0.6) is 0 Å². The van der Waals surface area contributed by atoms with Crippen molar-refractivity contribution in [2.24, 2.45) is 5.92 Å². The molecule has 1 aromatic heterocycles. The van der Waals surface area contributed by atoms with Gasteiger partial charge in [0.25, 0.3) is 5.91 Å². The molecule has 2 heterocycles. The van der Waals surface area contributed by atoms with Crippen LogP contribution in [-0.4, -0.2) is 32.4 Å². The van der Waals surface area contributed by atoms with Gasteiger partial charge in [-0.2, -0.15) is 0 Å². The van der Waals surface area contributed by atoms with E-state index in [4.69, 9.17) is 23.2 Å². The number of hydrogen-bond donors (Lipinski definition) is 1. The number of thiophene rings is 1. The molecule has 8 heteroatoms. The molecule has 18 heavy (non-hydrogen) atoms. The highest BCUT2D eigenvalue weighted by Gasteiger charge is 2.28. The van der Waals surface area contributed by atoms with Crippen molar-refractivity contribution in [2.75, 3.05) is 18.1 Å². The van der Waals surface area contributed by atoms with Gasteiger partial charge in [0.2, 0.25) is 0 Å². The topological polar surface area (TPSA) is 63.2 Å². The first kappa shape index (κ1) is 14.1. The van der Waals surface area contributed by atoms with Crippen molar-refractivity contribution in [3.63, 3.8) is 0 Å². The van der Waals surface area contributed by atoms with Crippen molar-refractivity contribution in [1.82, 2.24) is 5.32 Å². The number of nitrogens with one attached hydrogen (secondary N) is 1. The fraction of sp³-hybridized carbons (Fsp3) is 0.500. The number of carbonyl (C=O) groups is 1. The first-order valence-electron chi connectivity index (χ1n) is 5.31. The van der Waals surface area contributed by atoms with Gasteiger partial charge in [-0.3, -0.25) is 4.79 Å². The van der Waals surface area contributed by atoms with Gasteiger partial charge in [-0.05, 0) is 18.4 Å². The summed E-state index contributed by atoms with van der Waals surface area (Å²) >= 11 is 12.7. The van der Waals surface area contributed by atoms with Gasteiger partial charge in [0.05, 0.1) is 21.4 Å². The molecule has 4 nitrogen and oxygen atoms in total. The second-order valence-electron chi connectivity index (χ2n) is 4.22. The number of halogens is 2. The summed E-state index contributed by atoms with van der Waals surface area (Å²) in [6.45, 7) is 0.349. The molecule has 1 aromatic rings. The molecule has 0 bridgehead atoms. The van der Waals surface area contributed by atoms with E-state index >= 15 is 0 Å². The zero-order valence-electron chi connectivity index (χ0n) is 9.28. The summed E-state index contributed by atoms with van der Waals surface area (Å²) in [6, 6.07) is 1.51. The SMILES string of the molecule is O=C(NCC1CCS(=O)(=O)C1)c1cc(Cl)sc1Cl. The van der Waals surface area contributed by atoms with E-state index < -0.39 is 9.84 Å². The van der Waals surface area contributed by atoms with Crippen molar-refractivity contribution in [3.05, 3.63) is 20.3 Å². The standard InChI is InChI=1S/C10H11Cl2NO3S2/c11-8-3-7(9(12)17-8)10(14)13-4-6-1-2-18(15,16)5-6/h3,6H,1-2,4-5H2,(H,13,14). The fourth-order valence-electron chi connectivity index (χ4n) is 1.86. The Labute approximate surface area is 119 Å². The molecule has 1 amide bonds. The second-order valence-corrected chi connectivity index (χ2v) is 8.73. The van der Waals surface area contributed by atoms with Gasteiger partial charge in [-0.1, -0.05) is 23.2 Å². The molecule has 100 valence electrons. The van der Waals surface area contributed by atoms with Crippen molar-refractivity contribution in [2.45, 2.75) is 6.42 Å². The Morgan fingerprint density at radius 1 is 1.50 bits per heavy atom. The van der Waals surface area contributed by atoms with E-state index in [-0.39, 0.29) is 23.3 Å². The third kappa shape index (κ3) is 3.38. The molecule has 0 radical (unpaired) electrons. The van der Waals surface area contributed by atoms with Crippen LogP contribution in [0.1, 0.15) is 16.8 Å². The van der Waals surface area contributed by atoms with E-state index in [9.17, 15) is 13.2 Å². The molecule has 1 aliphatic heterocycles. The summed E-state index contributed by atoms with van der Waals surface area (Å²) < 4.78 is 23.3. The summed E-state index contributed by atoms with van der Waals surface area (Å²) in [7, 11) is -2.91. The molecule has 1 atom stereocenters. The lowest BCUT2D eigenvalue weighted by Crippen LogP contribution is -2.29. The largest absolute Gasteiger partial charge is 0.352 e. The molecule has 0 spiro atoms. The van der Waals surface area contributed by atoms with Gasteiger partial charge in [-0.25, -0.2) is 8.42 Å². The van der Waals surface area contributed by atoms with Gasteiger partial charge in [0, 0.05) is 6.54 Å². The third-order valence-electron chi connectivity index (χ3n) is 2.78. The van der Waals surface area contributed by atoms with Crippen LogP contribution in [0, 0.1) is 5.92 Å². The molecule has 2 rings (SSSR count). The van der Waals surface area contributed by atoms with Crippen LogP contribution in [-0.2, 0) is 9.84 Å². The monoisotopic (exact) mass is 327 g/mol. The lowest BCUT2D eigenvalue weighted by molar-refractivity contribution is 0.0949. The van der Waals surface area contributed by atoms with Crippen molar-refractivity contribution < 1.29 is 13.2 Å². The fourth-order valence-corrected chi connectivity index (χ4v) is 5.18. The highest BCUT2D eigenvalue weighted by Crippen LogP contribution is 2.31. The Balaban J connectivity index is 1.91. The number of rotatable bonds is 3. The number of carbonyl (C=O) groups excluding carboxylic acids is 1. The summed E-state index contributed by atoms with van der Waals surface area (Å²) in [4.78, 5) is 11.8. The van der Waals surface area contributed by atoms with E-state index in [1.807, 2.05) is 0 Å². The summed E-state index contributed by atoms with van der Waals surface area (Å²) in [5.41, 5.74) is 0.340. The van der Waals surface area contributed by atoms with Crippen LogP contribution in [0.4, 0.5) is 0 Å². The van der Waals surface area contributed by atoms with E-state index in [0.717, 1.165) is 11.3 Å². The average Bonchev–Trinajstić information content (AvgIpc) is 2.78. The molecule has 0 aliphatic carbocycles. The zero-order chi connectivity index (χ0) is 13.3. The van der Waals surface area contributed by atoms with Crippen molar-refractivity contribution in [3.8, 4) is 0 Å². The van der Waals surface area contributed by atoms with Crippen LogP contribution in [0.2, 0.25) is 8.67 Å². The Morgan fingerprint density at radius 3 is 2.72 bits per heavy atom. The Bertz CT molecular complexity index is 568.